The molecule has 0 fully saturated rings. The van der Waals surface area contributed by atoms with E-state index in [1.165, 1.54) is 28.1 Å². The highest BCUT2D eigenvalue weighted by molar-refractivity contribution is 5.70. The molecule has 1 aliphatic rings. The molecule has 0 spiro atoms. The molecule has 0 saturated heterocycles. The first-order valence-electron chi connectivity index (χ1n) is 10.9. The number of benzene rings is 2. The smallest absolute Gasteiger partial charge is 0.0450 e. The number of hydrogen-bond acceptors (Lipinski definition) is 1. The van der Waals surface area contributed by atoms with Crippen molar-refractivity contribution in [1.29, 1.82) is 0 Å². The van der Waals surface area contributed by atoms with Crippen LogP contribution in [0.2, 0.25) is 0 Å². The molecule has 156 valence electrons. The average Bonchev–Trinajstić information content (AvgIpc) is 2.94. The van der Waals surface area contributed by atoms with Crippen LogP contribution in [0.3, 0.4) is 0 Å². The van der Waals surface area contributed by atoms with Crippen LogP contribution < -0.4 is 4.90 Å². The van der Waals surface area contributed by atoms with Gasteiger partial charge in [0, 0.05) is 28.8 Å². The SMILES string of the molecule is C=C(/C=C/C=C/C=C1/N(CC)c2ccccc2C1(C)C)C(C)(C)c1ccccc1C. The molecule has 2 aromatic carbocycles. The zero-order valence-electron chi connectivity index (χ0n) is 19.4. The van der Waals surface area contributed by atoms with Crippen molar-refractivity contribution in [1.82, 2.24) is 0 Å². The van der Waals surface area contributed by atoms with Crippen molar-refractivity contribution < 1.29 is 0 Å². The van der Waals surface area contributed by atoms with E-state index in [0.717, 1.165) is 12.1 Å². The highest BCUT2D eigenvalue weighted by atomic mass is 15.2. The average molecular weight is 398 g/mol. The summed E-state index contributed by atoms with van der Waals surface area (Å²) >= 11 is 0. The molecule has 1 heterocycles. The Balaban J connectivity index is 1.77. The molecular weight excluding hydrogens is 362 g/mol. The number of hydrogen-bond donors (Lipinski definition) is 0. The Morgan fingerprint density at radius 1 is 1.00 bits per heavy atom. The number of rotatable bonds is 6. The largest absolute Gasteiger partial charge is 0.344 e. The molecule has 0 N–H and O–H groups in total. The van der Waals surface area contributed by atoms with E-state index in [2.05, 4.69) is 132 Å². The van der Waals surface area contributed by atoms with Crippen LogP contribution in [0.1, 0.15) is 51.3 Å². The van der Waals surface area contributed by atoms with Gasteiger partial charge in [-0.05, 0) is 48.3 Å². The van der Waals surface area contributed by atoms with E-state index >= 15 is 0 Å². The Hall–Kier alpha value is -2.80. The third-order valence-corrected chi connectivity index (χ3v) is 6.51. The first-order chi connectivity index (χ1) is 14.2. The van der Waals surface area contributed by atoms with Gasteiger partial charge in [0.15, 0.2) is 0 Å². The van der Waals surface area contributed by atoms with Gasteiger partial charge in [0.2, 0.25) is 0 Å². The number of nitrogens with zero attached hydrogens (tertiary/aromatic N) is 1. The van der Waals surface area contributed by atoms with Gasteiger partial charge < -0.3 is 4.90 Å². The maximum Gasteiger partial charge on any atom is 0.0450 e. The number of para-hydroxylation sites is 1. The van der Waals surface area contributed by atoms with Crippen molar-refractivity contribution in [3.63, 3.8) is 0 Å². The Kier molecular flexibility index (Phi) is 6.22. The predicted octanol–water partition coefficient (Wildman–Crippen LogP) is 7.64. The molecule has 1 aliphatic heterocycles. The molecule has 2 aromatic rings. The van der Waals surface area contributed by atoms with E-state index in [9.17, 15) is 0 Å². The van der Waals surface area contributed by atoms with Gasteiger partial charge in [-0.3, -0.25) is 0 Å². The Bertz CT molecular complexity index is 1010. The summed E-state index contributed by atoms with van der Waals surface area (Å²) in [7, 11) is 0. The van der Waals surface area contributed by atoms with E-state index in [-0.39, 0.29) is 10.8 Å². The van der Waals surface area contributed by atoms with Crippen LogP contribution >= 0.6 is 0 Å². The van der Waals surface area contributed by atoms with Crippen molar-refractivity contribution in [2.75, 3.05) is 11.4 Å². The topological polar surface area (TPSA) is 3.24 Å². The van der Waals surface area contributed by atoms with Crippen LogP contribution in [-0.4, -0.2) is 6.54 Å². The van der Waals surface area contributed by atoms with E-state index < -0.39 is 0 Å². The molecule has 30 heavy (non-hydrogen) atoms. The molecule has 1 heteroatoms. The van der Waals surface area contributed by atoms with Gasteiger partial charge in [0.1, 0.15) is 0 Å². The number of likely N-dealkylation sites (N-methyl/N-ethyl adjacent to an activating group) is 1. The molecule has 1 nitrogen and oxygen atoms in total. The fraction of sp³-hybridized carbons (Fsp3) is 0.310. The van der Waals surface area contributed by atoms with E-state index in [1.54, 1.807) is 0 Å². The molecule has 0 saturated carbocycles. The lowest BCUT2D eigenvalue weighted by Gasteiger charge is -2.28. The van der Waals surface area contributed by atoms with Gasteiger partial charge in [0.05, 0.1) is 0 Å². The van der Waals surface area contributed by atoms with Gasteiger partial charge >= 0.3 is 0 Å². The third kappa shape index (κ3) is 3.94. The summed E-state index contributed by atoms with van der Waals surface area (Å²) in [5, 5.41) is 0. The minimum absolute atomic E-state index is 0.0110. The fourth-order valence-electron chi connectivity index (χ4n) is 4.52. The normalized spacial score (nSPS) is 17.3. The van der Waals surface area contributed by atoms with Crippen LogP contribution in [0, 0.1) is 6.92 Å². The maximum atomic E-state index is 4.35. The van der Waals surface area contributed by atoms with Gasteiger partial charge in [0.25, 0.3) is 0 Å². The molecule has 0 aliphatic carbocycles. The molecule has 0 radical (unpaired) electrons. The molecule has 0 amide bonds. The summed E-state index contributed by atoms with van der Waals surface area (Å²) in [6.45, 7) is 18.8. The van der Waals surface area contributed by atoms with Crippen LogP contribution in [0.4, 0.5) is 5.69 Å². The van der Waals surface area contributed by atoms with Gasteiger partial charge in [-0.2, -0.15) is 0 Å². The van der Waals surface area contributed by atoms with E-state index in [1.807, 2.05) is 0 Å². The second-order valence-electron chi connectivity index (χ2n) is 9.15. The minimum Gasteiger partial charge on any atom is -0.344 e. The number of allylic oxidation sites excluding steroid dienone is 7. The Morgan fingerprint density at radius 3 is 2.37 bits per heavy atom. The van der Waals surface area contributed by atoms with Crippen LogP contribution in [0.25, 0.3) is 0 Å². The third-order valence-electron chi connectivity index (χ3n) is 6.51. The monoisotopic (exact) mass is 397 g/mol. The summed E-state index contributed by atoms with van der Waals surface area (Å²) in [5.74, 6) is 0. The Labute approximate surface area is 183 Å². The van der Waals surface area contributed by atoms with E-state index in [4.69, 9.17) is 0 Å². The van der Waals surface area contributed by atoms with Gasteiger partial charge in [-0.15, -0.1) is 0 Å². The number of anilines is 1. The van der Waals surface area contributed by atoms with Crippen molar-refractivity contribution >= 4 is 5.69 Å². The van der Waals surface area contributed by atoms with Crippen molar-refractivity contribution in [2.24, 2.45) is 0 Å². The molecule has 0 atom stereocenters. The lowest BCUT2D eigenvalue weighted by Crippen LogP contribution is -2.25. The summed E-state index contributed by atoms with van der Waals surface area (Å²) in [6, 6.07) is 17.3. The van der Waals surface area contributed by atoms with Crippen LogP contribution in [0.5, 0.6) is 0 Å². The predicted molar refractivity (Wildman–Crippen MR) is 132 cm³/mol. The quantitative estimate of drug-likeness (QED) is 0.453. The Morgan fingerprint density at radius 2 is 1.67 bits per heavy atom. The second-order valence-corrected chi connectivity index (χ2v) is 9.15. The van der Waals surface area contributed by atoms with Crippen molar-refractivity contribution in [3.05, 3.63) is 113 Å². The summed E-state index contributed by atoms with van der Waals surface area (Å²) in [6.07, 6.45) is 10.7. The van der Waals surface area contributed by atoms with Crippen LogP contribution in [0.15, 0.2) is 96.8 Å². The van der Waals surface area contributed by atoms with E-state index in [0.29, 0.717) is 0 Å². The first-order valence-corrected chi connectivity index (χ1v) is 10.9. The standard InChI is InChI=1S/C29H35N/c1-8-30-26-20-15-14-19-25(26)29(6,7)27(30)21-11-9-10-17-23(3)28(4,5)24-18-13-12-16-22(24)2/h9-21H,3,8H2,1-2,4-7H3/b11-9+,17-10+,27-21+. The second kappa shape index (κ2) is 8.52. The lowest BCUT2D eigenvalue weighted by molar-refractivity contribution is 0.634. The number of aryl methyl sites for hydroxylation is 1. The fourth-order valence-corrected chi connectivity index (χ4v) is 4.52. The molecule has 3 rings (SSSR count). The first kappa shape index (κ1) is 21.9. The lowest BCUT2D eigenvalue weighted by atomic mass is 9.76. The minimum atomic E-state index is -0.0950. The highest BCUT2D eigenvalue weighted by Gasteiger charge is 2.38. The molecular formula is C29H35N. The van der Waals surface area contributed by atoms with Crippen molar-refractivity contribution in [2.45, 2.75) is 52.4 Å². The molecule has 0 aromatic heterocycles. The van der Waals surface area contributed by atoms with Crippen molar-refractivity contribution in [3.8, 4) is 0 Å². The molecule has 0 bridgehead atoms. The zero-order chi connectivity index (χ0) is 21.9. The zero-order valence-corrected chi connectivity index (χ0v) is 19.4. The number of fused-ring (bicyclic) bond motifs is 1. The van der Waals surface area contributed by atoms with Crippen LogP contribution in [-0.2, 0) is 10.8 Å². The summed E-state index contributed by atoms with van der Waals surface area (Å²) in [5.41, 5.74) is 7.73. The molecule has 0 unspecified atom stereocenters. The summed E-state index contributed by atoms with van der Waals surface area (Å²) in [4.78, 5) is 2.42. The van der Waals surface area contributed by atoms with Gasteiger partial charge in [-0.1, -0.05) is 101 Å². The summed E-state index contributed by atoms with van der Waals surface area (Å²) < 4.78 is 0. The van der Waals surface area contributed by atoms with Gasteiger partial charge in [-0.25, -0.2) is 0 Å². The maximum absolute atomic E-state index is 4.35. The highest BCUT2D eigenvalue weighted by Crippen LogP contribution is 2.47.